The molecule has 0 radical (unpaired) electrons. The van der Waals surface area contributed by atoms with Gasteiger partial charge in [0.15, 0.2) is 9.84 Å². The summed E-state index contributed by atoms with van der Waals surface area (Å²) in [5.41, 5.74) is 7.15. The second-order valence-electron chi connectivity index (χ2n) is 4.81. The molecule has 7 heteroatoms. The molecule has 5 nitrogen and oxygen atoms in total. The van der Waals surface area contributed by atoms with Gasteiger partial charge in [0.05, 0.1) is 10.9 Å². The number of nitrogens with one attached hydrogen (secondary N) is 1. The normalized spacial score (nSPS) is 12.9. The van der Waals surface area contributed by atoms with E-state index in [2.05, 4.69) is 5.32 Å². The van der Waals surface area contributed by atoms with Gasteiger partial charge in [-0.1, -0.05) is 0 Å². The summed E-state index contributed by atoms with van der Waals surface area (Å²) >= 11 is 1.55. The van der Waals surface area contributed by atoms with Crippen molar-refractivity contribution in [2.75, 3.05) is 12.0 Å². The zero-order valence-electron chi connectivity index (χ0n) is 11.7. The Bertz CT molecular complexity index is 753. The van der Waals surface area contributed by atoms with Crippen LogP contribution in [0.2, 0.25) is 0 Å². The van der Waals surface area contributed by atoms with Gasteiger partial charge in [-0.05, 0) is 47.5 Å². The molecule has 21 heavy (non-hydrogen) atoms. The predicted molar refractivity (Wildman–Crippen MR) is 84.2 cm³/mol. The van der Waals surface area contributed by atoms with E-state index in [1.807, 2.05) is 23.8 Å². The summed E-state index contributed by atoms with van der Waals surface area (Å²) < 4.78 is 23.2. The summed E-state index contributed by atoms with van der Waals surface area (Å²) in [5, 5.41) is 6.70. The summed E-state index contributed by atoms with van der Waals surface area (Å²) in [5.74, 6) is -0.356. The Morgan fingerprint density at radius 3 is 2.62 bits per heavy atom. The molecule has 1 heterocycles. The molecule has 1 unspecified atom stereocenters. The van der Waals surface area contributed by atoms with Gasteiger partial charge in [0.1, 0.15) is 0 Å². The van der Waals surface area contributed by atoms with Crippen LogP contribution in [0, 0.1) is 0 Å². The van der Waals surface area contributed by atoms with Crippen LogP contribution in [0.4, 0.5) is 5.69 Å². The highest BCUT2D eigenvalue weighted by molar-refractivity contribution is 7.90. The van der Waals surface area contributed by atoms with Crippen LogP contribution in [0.5, 0.6) is 0 Å². The number of carbonyl (C=O) groups excluding carboxylic acids is 1. The average Bonchev–Trinajstić information content (AvgIpc) is 2.90. The van der Waals surface area contributed by atoms with Crippen molar-refractivity contribution in [3.05, 3.63) is 46.2 Å². The van der Waals surface area contributed by atoms with E-state index in [1.54, 1.807) is 11.3 Å². The quantitative estimate of drug-likeness (QED) is 0.844. The standard InChI is InChI=1S/C14H16N2O3S2/c1-9(10-3-4-20-8-10)16-14(17)11-5-12(15)7-13(6-11)21(2,18)19/h3-9H,15H2,1-2H3,(H,16,17). The molecule has 0 spiro atoms. The van der Waals surface area contributed by atoms with Crippen LogP contribution < -0.4 is 11.1 Å². The van der Waals surface area contributed by atoms with E-state index >= 15 is 0 Å². The van der Waals surface area contributed by atoms with Gasteiger partial charge in [0.2, 0.25) is 0 Å². The Morgan fingerprint density at radius 1 is 1.33 bits per heavy atom. The summed E-state index contributed by atoms with van der Waals surface area (Å²) in [6.07, 6.45) is 1.08. The lowest BCUT2D eigenvalue weighted by Crippen LogP contribution is -2.26. The van der Waals surface area contributed by atoms with E-state index in [0.29, 0.717) is 0 Å². The first-order chi connectivity index (χ1) is 9.77. The minimum absolute atomic E-state index is 0.0378. The molecular weight excluding hydrogens is 308 g/mol. The van der Waals surface area contributed by atoms with Crippen LogP contribution in [0.3, 0.4) is 0 Å². The lowest BCUT2D eigenvalue weighted by Gasteiger charge is -2.13. The minimum Gasteiger partial charge on any atom is -0.399 e. The third kappa shape index (κ3) is 3.83. The number of hydrogen-bond acceptors (Lipinski definition) is 5. The Balaban J connectivity index is 2.25. The van der Waals surface area contributed by atoms with Gasteiger partial charge in [0, 0.05) is 17.5 Å². The van der Waals surface area contributed by atoms with Gasteiger partial charge >= 0.3 is 0 Å². The van der Waals surface area contributed by atoms with Crippen molar-refractivity contribution in [2.24, 2.45) is 0 Å². The molecule has 112 valence electrons. The number of carbonyl (C=O) groups is 1. The van der Waals surface area contributed by atoms with Crippen molar-refractivity contribution in [1.29, 1.82) is 0 Å². The Labute approximate surface area is 127 Å². The SMILES string of the molecule is CC(NC(=O)c1cc(N)cc(S(C)(=O)=O)c1)c1ccsc1. The second-order valence-corrected chi connectivity index (χ2v) is 7.61. The van der Waals surface area contributed by atoms with Crippen molar-refractivity contribution in [3.63, 3.8) is 0 Å². The fraction of sp³-hybridized carbons (Fsp3) is 0.214. The molecule has 0 aliphatic heterocycles. The maximum Gasteiger partial charge on any atom is 0.251 e. The van der Waals surface area contributed by atoms with Crippen LogP contribution in [-0.2, 0) is 9.84 Å². The number of anilines is 1. The molecule has 0 aliphatic rings. The van der Waals surface area contributed by atoms with Gasteiger partial charge in [-0.3, -0.25) is 4.79 Å². The molecule has 1 atom stereocenters. The summed E-state index contributed by atoms with van der Waals surface area (Å²) in [6.45, 7) is 1.86. The number of hydrogen-bond donors (Lipinski definition) is 2. The van der Waals surface area contributed by atoms with E-state index in [-0.39, 0.29) is 28.1 Å². The Hall–Kier alpha value is -1.86. The molecule has 0 saturated heterocycles. The molecule has 0 bridgehead atoms. The maximum absolute atomic E-state index is 12.2. The van der Waals surface area contributed by atoms with E-state index in [9.17, 15) is 13.2 Å². The highest BCUT2D eigenvalue weighted by Crippen LogP contribution is 2.19. The van der Waals surface area contributed by atoms with Crippen molar-refractivity contribution in [1.82, 2.24) is 5.32 Å². The number of nitrogens with two attached hydrogens (primary N) is 1. The molecule has 0 aliphatic carbocycles. The average molecular weight is 324 g/mol. The van der Waals surface area contributed by atoms with E-state index < -0.39 is 9.84 Å². The van der Waals surface area contributed by atoms with E-state index in [0.717, 1.165) is 11.8 Å². The van der Waals surface area contributed by atoms with Crippen LogP contribution in [0.25, 0.3) is 0 Å². The lowest BCUT2D eigenvalue weighted by atomic mass is 10.1. The smallest absolute Gasteiger partial charge is 0.251 e. The molecule has 3 N–H and O–H groups in total. The van der Waals surface area contributed by atoms with Gasteiger partial charge in [0.25, 0.3) is 5.91 Å². The van der Waals surface area contributed by atoms with Crippen molar-refractivity contribution in [3.8, 4) is 0 Å². The third-order valence-electron chi connectivity index (χ3n) is 3.01. The van der Waals surface area contributed by atoms with Crippen LogP contribution in [-0.4, -0.2) is 20.6 Å². The van der Waals surface area contributed by atoms with Crippen LogP contribution >= 0.6 is 11.3 Å². The third-order valence-corrected chi connectivity index (χ3v) is 4.80. The number of nitrogen functional groups attached to an aromatic ring is 1. The van der Waals surface area contributed by atoms with Crippen molar-refractivity contribution < 1.29 is 13.2 Å². The number of sulfone groups is 1. The molecular formula is C14H16N2O3S2. The minimum atomic E-state index is -3.41. The van der Waals surface area contributed by atoms with E-state index in [1.165, 1.54) is 18.2 Å². The first kappa shape index (κ1) is 15.5. The van der Waals surface area contributed by atoms with Crippen LogP contribution in [0.1, 0.15) is 28.9 Å². The molecule has 0 fully saturated rings. The number of amides is 1. The number of benzene rings is 1. The number of thiophene rings is 1. The van der Waals surface area contributed by atoms with Crippen molar-refractivity contribution in [2.45, 2.75) is 17.9 Å². The lowest BCUT2D eigenvalue weighted by molar-refractivity contribution is 0.0940. The summed E-state index contributed by atoms with van der Waals surface area (Å²) in [4.78, 5) is 12.3. The molecule has 1 aromatic heterocycles. The number of rotatable bonds is 4. The molecule has 0 saturated carbocycles. The van der Waals surface area contributed by atoms with Gasteiger partial charge in [-0.2, -0.15) is 11.3 Å². The van der Waals surface area contributed by atoms with Gasteiger partial charge in [-0.25, -0.2) is 8.42 Å². The summed E-state index contributed by atoms with van der Waals surface area (Å²) in [6, 6.07) is 5.91. The zero-order valence-corrected chi connectivity index (χ0v) is 13.3. The Morgan fingerprint density at radius 2 is 2.05 bits per heavy atom. The first-order valence-electron chi connectivity index (χ1n) is 6.21. The van der Waals surface area contributed by atoms with Crippen LogP contribution in [0.15, 0.2) is 39.9 Å². The summed E-state index contributed by atoms with van der Waals surface area (Å²) in [7, 11) is -3.41. The predicted octanol–water partition coefficient (Wildman–Crippen LogP) is 2.22. The molecule has 2 rings (SSSR count). The Kier molecular flexibility index (Phi) is 4.34. The largest absolute Gasteiger partial charge is 0.399 e. The van der Waals surface area contributed by atoms with Gasteiger partial charge in [-0.15, -0.1) is 0 Å². The fourth-order valence-corrected chi connectivity index (χ4v) is 3.30. The molecule has 1 amide bonds. The zero-order chi connectivity index (χ0) is 15.6. The molecule has 1 aromatic carbocycles. The topological polar surface area (TPSA) is 89.3 Å². The molecule has 2 aromatic rings. The first-order valence-corrected chi connectivity index (χ1v) is 9.04. The van der Waals surface area contributed by atoms with Crippen molar-refractivity contribution >= 4 is 32.8 Å². The highest BCUT2D eigenvalue weighted by Gasteiger charge is 2.16. The second kappa shape index (κ2) is 5.87. The van der Waals surface area contributed by atoms with E-state index in [4.69, 9.17) is 5.73 Å². The van der Waals surface area contributed by atoms with Gasteiger partial charge < -0.3 is 11.1 Å². The fourth-order valence-electron chi connectivity index (χ4n) is 1.85. The maximum atomic E-state index is 12.2. The monoisotopic (exact) mass is 324 g/mol. The highest BCUT2D eigenvalue weighted by atomic mass is 32.2.